The Balaban J connectivity index is 1.86. The number of hydrogen-bond donors (Lipinski definition) is 2. The van der Waals surface area contributed by atoms with Gasteiger partial charge in [0.05, 0.1) is 6.61 Å². The molecule has 1 aliphatic rings. The first kappa shape index (κ1) is 15.1. The number of aliphatic carboxylic acids is 1. The van der Waals surface area contributed by atoms with Crippen molar-refractivity contribution in [1.29, 1.82) is 0 Å². The van der Waals surface area contributed by atoms with E-state index in [2.05, 4.69) is 5.32 Å². The summed E-state index contributed by atoms with van der Waals surface area (Å²) in [4.78, 5) is 24.0. The van der Waals surface area contributed by atoms with Gasteiger partial charge in [-0.05, 0) is 42.3 Å². The van der Waals surface area contributed by atoms with E-state index in [9.17, 15) is 14.7 Å². The van der Waals surface area contributed by atoms with Crippen molar-refractivity contribution in [3.05, 3.63) is 52.8 Å². The second-order valence-corrected chi connectivity index (χ2v) is 5.63. The van der Waals surface area contributed by atoms with Crippen LogP contribution in [0.1, 0.15) is 33.4 Å². The molecule has 1 aromatic carbocycles. The van der Waals surface area contributed by atoms with Crippen LogP contribution in [0.5, 0.6) is 5.75 Å². The van der Waals surface area contributed by atoms with Gasteiger partial charge in [-0.1, -0.05) is 6.07 Å². The normalized spacial score (nSPS) is 14.0. The molecule has 0 aliphatic carbocycles. The number of fused-ring (bicyclic) bond motifs is 1. The van der Waals surface area contributed by atoms with Crippen molar-refractivity contribution in [2.75, 3.05) is 6.61 Å². The Kier molecular flexibility index (Phi) is 3.82. The molecular weight excluding hydrogens is 296 g/mol. The van der Waals surface area contributed by atoms with E-state index in [0.29, 0.717) is 17.9 Å². The predicted octanol–water partition coefficient (Wildman–Crippen LogP) is 1.82. The smallest absolute Gasteiger partial charge is 0.330 e. The number of carboxylic acids is 1. The van der Waals surface area contributed by atoms with Gasteiger partial charge in [0.2, 0.25) is 0 Å². The minimum atomic E-state index is -1.09. The molecule has 1 unspecified atom stereocenters. The maximum absolute atomic E-state index is 12.4. The van der Waals surface area contributed by atoms with Gasteiger partial charge in [0, 0.05) is 19.2 Å². The van der Waals surface area contributed by atoms with Gasteiger partial charge in [-0.25, -0.2) is 4.79 Å². The molecule has 0 saturated heterocycles. The van der Waals surface area contributed by atoms with E-state index in [4.69, 9.17) is 4.74 Å². The molecule has 1 aliphatic heterocycles. The molecule has 0 bridgehead atoms. The maximum Gasteiger partial charge on any atom is 0.330 e. The first-order valence-electron chi connectivity index (χ1n) is 7.39. The minimum absolute atomic E-state index is 0.412. The molecule has 0 spiro atoms. The van der Waals surface area contributed by atoms with Crippen LogP contribution in [-0.4, -0.2) is 28.2 Å². The number of aromatic nitrogens is 1. The zero-order valence-electron chi connectivity index (χ0n) is 13.0. The van der Waals surface area contributed by atoms with Crippen LogP contribution in [0.3, 0.4) is 0 Å². The van der Waals surface area contributed by atoms with Gasteiger partial charge in [0.1, 0.15) is 11.4 Å². The number of carbonyl (C=O) groups is 2. The molecule has 1 amide bonds. The molecule has 0 fully saturated rings. The van der Waals surface area contributed by atoms with Gasteiger partial charge in [-0.3, -0.25) is 4.79 Å². The standard InChI is InChI=1S/C17H18N2O4/c1-10-3-5-13(19(10)2)16(20)18-15(17(21)22)12-4-6-14-11(9-12)7-8-23-14/h3-6,9,15H,7-8H2,1-2H3,(H,18,20)(H,21,22). The van der Waals surface area contributed by atoms with Gasteiger partial charge in [-0.2, -0.15) is 0 Å². The highest BCUT2D eigenvalue weighted by Crippen LogP contribution is 2.28. The van der Waals surface area contributed by atoms with Crippen LogP contribution in [0, 0.1) is 6.92 Å². The van der Waals surface area contributed by atoms with Crippen LogP contribution < -0.4 is 10.1 Å². The zero-order valence-corrected chi connectivity index (χ0v) is 13.0. The third-order valence-corrected chi connectivity index (χ3v) is 4.17. The Bertz CT molecular complexity index is 779. The van der Waals surface area contributed by atoms with Crippen molar-refractivity contribution >= 4 is 11.9 Å². The molecule has 2 aromatic rings. The number of rotatable bonds is 4. The summed E-state index contributed by atoms with van der Waals surface area (Å²) in [5, 5.41) is 12.1. The van der Waals surface area contributed by atoms with E-state index in [-0.39, 0.29) is 0 Å². The lowest BCUT2D eigenvalue weighted by Crippen LogP contribution is -2.34. The van der Waals surface area contributed by atoms with Gasteiger partial charge < -0.3 is 19.7 Å². The maximum atomic E-state index is 12.4. The summed E-state index contributed by atoms with van der Waals surface area (Å²) in [6.07, 6.45) is 0.750. The van der Waals surface area contributed by atoms with E-state index in [1.54, 1.807) is 35.9 Å². The number of hydrogen-bond acceptors (Lipinski definition) is 3. The number of benzene rings is 1. The topological polar surface area (TPSA) is 80.6 Å². The molecule has 6 heteroatoms. The fraction of sp³-hybridized carbons (Fsp3) is 0.294. The third-order valence-electron chi connectivity index (χ3n) is 4.17. The first-order valence-corrected chi connectivity index (χ1v) is 7.39. The Morgan fingerprint density at radius 1 is 1.30 bits per heavy atom. The fourth-order valence-electron chi connectivity index (χ4n) is 2.72. The third kappa shape index (κ3) is 2.79. The summed E-state index contributed by atoms with van der Waals surface area (Å²) in [7, 11) is 1.77. The number of aryl methyl sites for hydroxylation is 1. The Labute approximate surface area is 133 Å². The van der Waals surface area contributed by atoms with E-state index in [0.717, 1.165) is 23.4 Å². The molecule has 2 N–H and O–H groups in total. The summed E-state index contributed by atoms with van der Waals surface area (Å²) in [6.45, 7) is 2.48. The van der Waals surface area contributed by atoms with E-state index in [1.807, 2.05) is 13.0 Å². The van der Waals surface area contributed by atoms with Crippen molar-refractivity contribution in [3.8, 4) is 5.75 Å². The molecule has 2 heterocycles. The largest absolute Gasteiger partial charge is 0.493 e. The Hall–Kier alpha value is -2.76. The number of nitrogens with one attached hydrogen (secondary N) is 1. The SMILES string of the molecule is Cc1ccc(C(=O)NC(C(=O)O)c2ccc3c(c2)CCO3)n1C. The van der Waals surface area contributed by atoms with Gasteiger partial charge in [-0.15, -0.1) is 0 Å². The molecular formula is C17H18N2O4. The van der Waals surface area contributed by atoms with Crippen molar-refractivity contribution in [2.24, 2.45) is 7.05 Å². The van der Waals surface area contributed by atoms with Crippen LogP contribution in [0.25, 0.3) is 0 Å². The second kappa shape index (κ2) is 5.79. The number of carbonyl (C=O) groups excluding carboxylic acids is 1. The number of ether oxygens (including phenoxy) is 1. The summed E-state index contributed by atoms with van der Waals surface area (Å²) in [5.74, 6) is -0.727. The van der Waals surface area contributed by atoms with Crippen molar-refractivity contribution in [2.45, 2.75) is 19.4 Å². The van der Waals surface area contributed by atoms with Crippen LogP contribution >= 0.6 is 0 Å². The highest BCUT2D eigenvalue weighted by molar-refractivity contribution is 5.95. The number of carboxylic acid groups (broad SMARTS) is 1. The van der Waals surface area contributed by atoms with Crippen LogP contribution in [0.2, 0.25) is 0 Å². The number of amides is 1. The Morgan fingerprint density at radius 3 is 2.74 bits per heavy atom. The van der Waals surface area contributed by atoms with Crippen LogP contribution in [0.4, 0.5) is 0 Å². The molecule has 23 heavy (non-hydrogen) atoms. The Morgan fingerprint density at radius 2 is 2.09 bits per heavy atom. The van der Waals surface area contributed by atoms with Crippen LogP contribution in [0.15, 0.2) is 30.3 Å². The van der Waals surface area contributed by atoms with Crippen LogP contribution in [-0.2, 0) is 18.3 Å². The lowest BCUT2D eigenvalue weighted by Gasteiger charge is -2.16. The van der Waals surface area contributed by atoms with E-state index >= 15 is 0 Å². The number of nitrogens with zero attached hydrogens (tertiary/aromatic N) is 1. The highest BCUT2D eigenvalue weighted by Gasteiger charge is 2.25. The highest BCUT2D eigenvalue weighted by atomic mass is 16.5. The molecule has 1 aromatic heterocycles. The summed E-state index contributed by atoms with van der Waals surface area (Å²) < 4.78 is 7.15. The molecule has 0 radical (unpaired) electrons. The molecule has 3 rings (SSSR count). The quantitative estimate of drug-likeness (QED) is 0.902. The average Bonchev–Trinajstić information content (AvgIpc) is 3.11. The predicted molar refractivity (Wildman–Crippen MR) is 83.6 cm³/mol. The van der Waals surface area contributed by atoms with Gasteiger partial charge in [0.15, 0.2) is 6.04 Å². The lowest BCUT2D eigenvalue weighted by atomic mass is 10.0. The van der Waals surface area contributed by atoms with E-state index < -0.39 is 17.9 Å². The van der Waals surface area contributed by atoms with Crippen molar-refractivity contribution in [3.63, 3.8) is 0 Å². The van der Waals surface area contributed by atoms with Crippen molar-refractivity contribution in [1.82, 2.24) is 9.88 Å². The minimum Gasteiger partial charge on any atom is -0.493 e. The van der Waals surface area contributed by atoms with E-state index in [1.165, 1.54) is 0 Å². The lowest BCUT2D eigenvalue weighted by molar-refractivity contribution is -0.139. The first-order chi connectivity index (χ1) is 11.0. The summed E-state index contributed by atoms with van der Waals surface area (Å²) >= 11 is 0. The summed E-state index contributed by atoms with van der Waals surface area (Å²) in [5.41, 5.74) is 2.87. The zero-order chi connectivity index (χ0) is 16.6. The van der Waals surface area contributed by atoms with Gasteiger partial charge in [0.25, 0.3) is 5.91 Å². The van der Waals surface area contributed by atoms with Gasteiger partial charge >= 0.3 is 5.97 Å². The molecule has 6 nitrogen and oxygen atoms in total. The fourth-order valence-corrected chi connectivity index (χ4v) is 2.72. The molecule has 0 saturated carbocycles. The molecule has 120 valence electrons. The summed E-state index contributed by atoms with van der Waals surface area (Å²) in [6, 6.07) is 7.63. The second-order valence-electron chi connectivity index (χ2n) is 5.63. The average molecular weight is 314 g/mol. The molecule has 1 atom stereocenters. The monoisotopic (exact) mass is 314 g/mol. The van der Waals surface area contributed by atoms with Crippen molar-refractivity contribution < 1.29 is 19.4 Å².